The Labute approximate surface area is 130 Å². The molecule has 1 saturated heterocycles. The number of rotatable bonds is 4. The predicted molar refractivity (Wildman–Crippen MR) is 80.5 cm³/mol. The minimum atomic E-state index is -0.650. The number of nitrogens with one attached hydrogen (secondary N) is 1. The van der Waals surface area contributed by atoms with Crippen molar-refractivity contribution in [2.75, 3.05) is 26.7 Å². The van der Waals surface area contributed by atoms with Gasteiger partial charge in [-0.05, 0) is 44.0 Å². The van der Waals surface area contributed by atoms with Crippen molar-refractivity contribution < 1.29 is 13.6 Å². The second-order valence-electron chi connectivity index (χ2n) is 5.29. The third-order valence-corrected chi connectivity index (χ3v) is 3.82. The van der Waals surface area contributed by atoms with Gasteiger partial charge in [0.1, 0.15) is 11.6 Å². The highest BCUT2D eigenvalue weighted by Gasteiger charge is 2.23. The number of nitrogens with zero attached hydrogens (tertiary/aromatic N) is 1. The van der Waals surface area contributed by atoms with Crippen LogP contribution in [0.5, 0.6) is 0 Å². The molecule has 1 aromatic carbocycles. The number of benzene rings is 1. The van der Waals surface area contributed by atoms with Gasteiger partial charge in [0.15, 0.2) is 0 Å². The van der Waals surface area contributed by atoms with Gasteiger partial charge in [0.25, 0.3) is 0 Å². The van der Waals surface area contributed by atoms with Crippen molar-refractivity contribution in [3.63, 3.8) is 0 Å². The summed E-state index contributed by atoms with van der Waals surface area (Å²) in [4.78, 5) is 13.9. The molecule has 0 aliphatic carbocycles. The number of halogens is 3. The van der Waals surface area contributed by atoms with Crippen LogP contribution in [0.4, 0.5) is 8.78 Å². The van der Waals surface area contributed by atoms with Crippen molar-refractivity contribution in [2.45, 2.75) is 19.3 Å². The van der Waals surface area contributed by atoms with E-state index in [-0.39, 0.29) is 30.3 Å². The summed E-state index contributed by atoms with van der Waals surface area (Å²) < 4.78 is 26.3. The number of piperidine rings is 1. The molecule has 2 rings (SSSR count). The van der Waals surface area contributed by atoms with Crippen molar-refractivity contribution in [3.05, 3.63) is 35.4 Å². The predicted octanol–water partition coefficient (Wildman–Crippen LogP) is 2.39. The number of likely N-dealkylation sites (tertiary alicyclic amines) is 1. The molecular formula is C15H21ClF2N2O. The second kappa shape index (κ2) is 8.29. The van der Waals surface area contributed by atoms with E-state index in [1.807, 2.05) is 7.05 Å². The lowest BCUT2D eigenvalue weighted by Crippen LogP contribution is -2.41. The van der Waals surface area contributed by atoms with Crippen molar-refractivity contribution in [1.29, 1.82) is 0 Å². The Balaban J connectivity index is 0.00000220. The standard InChI is InChI=1S/C15H20F2N2O.ClH/c1-18-10-11-4-6-19(7-5-11)15(20)8-12-2-3-13(16)9-14(12)17;/h2-3,9,11,18H,4-8,10H2,1H3;1H. The normalized spacial score (nSPS) is 15.7. The lowest BCUT2D eigenvalue weighted by molar-refractivity contribution is -0.131. The molecule has 21 heavy (non-hydrogen) atoms. The first-order valence-electron chi connectivity index (χ1n) is 6.96. The van der Waals surface area contributed by atoms with Crippen molar-refractivity contribution >= 4 is 18.3 Å². The van der Waals surface area contributed by atoms with Gasteiger partial charge in [0, 0.05) is 19.2 Å². The molecule has 0 aromatic heterocycles. The van der Waals surface area contributed by atoms with Gasteiger partial charge in [-0.1, -0.05) is 6.07 Å². The smallest absolute Gasteiger partial charge is 0.227 e. The third kappa shape index (κ3) is 4.93. The van der Waals surface area contributed by atoms with Crippen molar-refractivity contribution in [2.24, 2.45) is 5.92 Å². The first-order chi connectivity index (χ1) is 9.60. The molecular weight excluding hydrogens is 298 g/mol. The minimum Gasteiger partial charge on any atom is -0.342 e. The molecule has 1 fully saturated rings. The fourth-order valence-electron chi connectivity index (χ4n) is 2.61. The monoisotopic (exact) mass is 318 g/mol. The molecule has 1 N–H and O–H groups in total. The Hall–Kier alpha value is -1.20. The number of hydrogen-bond donors (Lipinski definition) is 1. The molecule has 118 valence electrons. The van der Waals surface area contributed by atoms with Crippen molar-refractivity contribution in [1.82, 2.24) is 10.2 Å². The summed E-state index contributed by atoms with van der Waals surface area (Å²) in [6.07, 6.45) is 1.94. The second-order valence-corrected chi connectivity index (χ2v) is 5.29. The van der Waals surface area contributed by atoms with E-state index in [2.05, 4.69) is 5.32 Å². The van der Waals surface area contributed by atoms with Crippen LogP contribution in [0.25, 0.3) is 0 Å². The highest BCUT2D eigenvalue weighted by molar-refractivity contribution is 5.85. The Morgan fingerprint density at radius 2 is 2.00 bits per heavy atom. The van der Waals surface area contributed by atoms with E-state index in [4.69, 9.17) is 0 Å². The molecule has 1 aliphatic heterocycles. The number of amides is 1. The van der Waals surface area contributed by atoms with E-state index in [0.717, 1.165) is 25.5 Å². The highest BCUT2D eigenvalue weighted by Crippen LogP contribution is 2.18. The van der Waals surface area contributed by atoms with Crippen LogP contribution in [-0.2, 0) is 11.2 Å². The zero-order valence-corrected chi connectivity index (χ0v) is 12.9. The average Bonchev–Trinajstić information content (AvgIpc) is 2.43. The summed E-state index contributed by atoms with van der Waals surface area (Å²) in [5, 5.41) is 3.15. The lowest BCUT2D eigenvalue weighted by Gasteiger charge is -2.32. The maximum atomic E-state index is 13.5. The van der Waals surface area contributed by atoms with Gasteiger partial charge in [-0.2, -0.15) is 0 Å². The van der Waals surface area contributed by atoms with E-state index < -0.39 is 11.6 Å². The van der Waals surface area contributed by atoms with E-state index >= 15 is 0 Å². The maximum Gasteiger partial charge on any atom is 0.227 e. The van der Waals surface area contributed by atoms with Crippen LogP contribution >= 0.6 is 12.4 Å². The van der Waals surface area contributed by atoms with Gasteiger partial charge >= 0.3 is 0 Å². The summed E-state index contributed by atoms with van der Waals surface area (Å²) in [5.74, 6) is -0.750. The first kappa shape index (κ1) is 17.9. The highest BCUT2D eigenvalue weighted by atomic mass is 35.5. The molecule has 0 radical (unpaired) electrons. The average molecular weight is 319 g/mol. The topological polar surface area (TPSA) is 32.3 Å². The molecule has 0 bridgehead atoms. The number of carbonyl (C=O) groups excluding carboxylic acids is 1. The van der Waals surface area contributed by atoms with Crippen LogP contribution in [0, 0.1) is 17.6 Å². The quantitative estimate of drug-likeness (QED) is 0.924. The Morgan fingerprint density at radius 1 is 1.33 bits per heavy atom. The van der Waals surface area contributed by atoms with Gasteiger partial charge in [-0.25, -0.2) is 8.78 Å². The Morgan fingerprint density at radius 3 is 2.57 bits per heavy atom. The van der Waals surface area contributed by atoms with Gasteiger partial charge in [-0.15, -0.1) is 12.4 Å². The Kier molecular flexibility index (Phi) is 7.05. The van der Waals surface area contributed by atoms with Crippen LogP contribution < -0.4 is 5.32 Å². The van der Waals surface area contributed by atoms with E-state index in [1.165, 1.54) is 12.1 Å². The van der Waals surface area contributed by atoms with Crippen LogP contribution in [0.2, 0.25) is 0 Å². The third-order valence-electron chi connectivity index (χ3n) is 3.82. The molecule has 0 atom stereocenters. The molecule has 3 nitrogen and oxygen atoms in total. The minimum absolute atomic E-state index is 0. The molecule has 0 spiro atoms. The fourth-order valence-corrected chi connectivity index (χ4v) is 2.61. The largest absolute Gasteiger partial charge is 0.342 e. The van der Waals surface area contributed by atoms with E-state index in [0.29, 0.717) is 19.0 Å². The zero-order chi connectivity index (χ0) is 14.5. The van der Waals surface area contributed by atoms with Crippen LogP contribution in [0.1, 0.15) is 18.4 Å². The molecule has 0 saturated carbocycles. The SMILES string of the molecule is CNCC1CCN(C(=O)Cc2ccc(F)cc2F)CC1.Cl. The van der Waals surface area contributed by atoms with E-state index in [1.54, 1.807) is 4.90 Å². The first-order valence-corrected chi connectivity index (χ1v) is 6.96. The zero-order valence-electron chi connectivity index (χ0n) is 12.1. The molecule has 1 amide bonds. The van der Waals surface area contributed by atoms with Crippen LogP contribution in [0.15, 0.2) is 18.2 Å². The molecule has 1 aliphatic rings. The van der Waals surface area contributed by atoms with Crippen LogP contribution in [-0.4, -0.2) is 37.5 Å². The summed E-state index contributed by atoms with van der Waals surface area (Å²) in [6, 6.07) is 3.35. The number of hydrogen-bond acceptors (Lipinski definition) is 2. The summed E-state index contributed by atoms with van der Waals surface area (Å²) in [5.41, 5.74) is 0.258. The van der Waals surface area contributed by atoms with Gasteiger partial charge < -0.3 is 10.2 Å². The molecule has 1 aromatic rings. The van der Waals surface area contributed by atoms with Gasteiger partial charge in [0.05, 0.1) is 6.42 Å². The summed E-state index contributed by atoms with van der Waals surface area (Å²) in [7, 11) is 1.93. The summed E-state index contributed by atoms with van der Waals surface area (Å²) >= 11 is 0. The van der Waals surface area contributed by atoms with Crippen LogP contribution in [0.3, 0.4) is 0 Å². The summed E-state index contributed by atoms with van der Waals surface area (Å²) in [6.45, 7) is 2.40. The van der Waals surface area contributed by atoms with E-state index in [9.17, 15) is 13.6 Å². The van der Waals surface area contributed by atoms with Gasteiger partial charge in [0.2, 0.25) is 5.91 Å². The Bertz CT molecular complexity index is 477. The lowest BCUT2D eigenvalue weighted by atomic mass is 9.96. The fraction of sp³-hybridized carbons (Fsp3) is 0.533. The maximum absolute atomic E-state index is 13.5. The number of carbonyl (C=O) groups is 1. The van der Waals surface area contributed by atoms with Gasteiger partial charge in [-0.3, -0.25) is 4.79 Å². The molecule has 1 heterocycles. The molecule has 6 heteroatoms. The molecule has 0 unspecified atom stereocenters. The van der Waals surface area contributed by atoms with Crippen molar-refractivity contribution in [3.8, 4) is 0 Å².